The van der Waals surface area contributed by atoms with E-state index in [4.69, 9.17) is 4.74 Å². The first kappa shape index (κ1) is 19.8. The molecule has 8 heteroatoms. The molecule has 146 valence electrons. The summed E-state index contributed by atoms with van der Waals surface area (Å²) < 4.78 is 6.37. The highest BCUT2D eigenvalue weighted by Crippen LogP contribution is 2.26. The summed E-state index contributed by atoms with van der Waals surface area (Å²) >= 11 is 1.47. The van der Waals surface area contributed by atoms with Crippen LogP contribution < -0.4 is 10.9 Å². The third-order valence-electron chi connectivity index (χ3n) is 4.48. The molecule has 0 atom stereocenters. The zero-order chi connectivity index (χ0) is 20.4. The van der Waals surface area contributed by atoms with E-state index in [9.17, 15) is 14.4 Å². The molecule has 0 aliphatic carbocycles. The number of ether oxygens (including phenoxy) is 1. The van der Waals surface area contributed by atoms with Crippen molar-refractivity contribution in [1.29, 1.82) is 0 Å². The Hall–Kier alpha value is -3.00. The van der Waals surface area contributed by atoms with Gasteiger partial charge < -0.3 is 10.1 Å². The molecule has 0 unspecified atom stereocenters. The van der Waals surface area contributed by atoms with Crippen molar-refractivity contribution < 1.29 is 14.3 Å². The molecule has 1 N–H and O–H groups in total. The highest BCUT2D eigenvalue weighted by Gasteiger charge is 2.18. The van der Waals surface area contributed by atoms with Gasteiger partial charge in [0.15, 0.2) is 0 Å². The average Bonchev–Trinajstić information content (AvgIpc) is 2.93. The lowest BCUT2D eigenvalue weighted by Gasteiger charge is -2.12. The van der Waals surface area contributed by atoms with Crippen LogP contribution in [0.2, 0.25) is 0 Å². The summed E-state index contributed by atoms with van der Waals surface area (Å²) in [5, 5.41) is 3.24. The van der Waals surface area contributed by atoms with E-state index >= 15 is 0 Å². The van der Waals surface area contributed by atoms with Gasteiger partial charge in [-0.1, -0.05) is 12.1 Å². The number of aryl methyl sites for hydroxylation is 3. The van der Waals surface area contributed by atoms with Crippen molar-refractivity contribution in [2.24, 2.45) is 0 Å². The molecule has 0 saturated carbocycles. The van der Waals surface area contributed by atoms with Crippen LogP contribution in [0, 0.1) is 20.8 Å². The van der Waals surface area contributed by atoms with E-state index in [-0.39, 0.29) is 24.3 Å². The quantitative estimate of drug-likeness (QED) is 0.666. The molecule has 28 heavy (non-hydrogen) atoms. The maximum absolute atomic E-state index is 12.9. The number of rotatable bonds is 5. The van der Waals surface area contributed by atoms with Crippen molar-refractivity contribution in [2.75, 3.05) is 11.9 Å². The normalized spacial score (nSPS) is 10.9. The van der Waals surface area contributed by atoms with E-state index < -0.39 is 11.9 Å². The second-order valence-electron chi connectivity index (χ2n) is 6.33. The van der Waals surface area contributed by atoms with Gasteiger partial charge in [-0.3, -0.25) is 14.2 Å². The zero-order valence-electron chi connectivity index (χ0n) is 16.2. The topological polar surface area (TPSA) is 90.3 Å². The second kappa shape index (κ2) is 7.93. The molecule has 0 aliphatic rings. The van der Waals surface area contributed by atoms with Gasteiger partial charge in [-0.15, -0.1) is 11.3 Å². The van der Waals surface area contributed by atoms with Crippen LogP contribution in [0.5, 0.6) is 0 Å². The lowest BCUT2D eigenvalue weighted by atomic mass is 10.2. The molecule has 3 rings (SSSR count). The first-order valence-electron chi connectivity index (χ1n) is 8.86. The second-order valence-corrected chi connectivity index (χ2v) is 7.53. The predicted molar refractivity (Wildman–Crippen MR) is 109 cm³/mol. The number of esters is 1. The number of hydrogen-bond acceptors (Lipinski definition) is 6. The van der Waals surface area contributed by atoms with Crippen molar-refractivity contribution in [3.63, 3.8) is 0 Å². The van der Waals surface area contributed by atoms with Crippen molar-refractivity contribution >= 4 is 39.1 Å². The number of fused-ring (bicyclic) bond motifs is 1. The van der Waals surface area contributed by atoms with Gasteiger partial charge in [0.2, 0.25) is 5.91 Å². The molecule has 7 nitrogen and oxygen atoms in total. The Morgan fingerprint density at radius 3 is 2.64 bits per heavy atom. The van der Waals surface area contributed by atoms with Crippen LogP contribution in [-0.2, 0) is 16.1 Å². The SMILES string of the molecule is CCOC(=O)c1ccccc1NC(=O)Cn1c(C)nc2sc(C)c(C)c2c1=O. The van der Waals surface area contributed by atoms with E-state index in [0.29, 0.717) is 21.7 Å². The van der Waals surface area contributed by atoms with E-state index in [0.717, 1.165) is 10.4 Å². The van der Waals surface area contributed by atoms with Gasteiger partial charge in [0.25, 0.3) is 5.56 Å². The molecule has 2 aromatic heterocycles. The molecule has 0 spiro atoms. The third-order valence-corrected chi connectivity index (χ3v) is 5.58. The summed E-state index contributed by atoms with van der Waals surface area (Å²) in [6.07, 6.45) is 0. The third kappa shape index (κ3) is 3.68. The van der Waals surface area contributed by atoms with E-state index in [1.165, 1.54) is 15.9 Å². The fraction of sp³-hybridized carbons (Fsp3) is 0.300. The summed E-state index contributed by atoms with van der Waals surface area (Å²) in [6, 6.07) is 6.60. The van der Waals surface area contributed by atoms with Crippen LogP contribution in [0.15, 0.2) is 29.1 Å². The Labute approximate surface area is 166 Å². The van der Waals surface area contributed by atoms with Gasteiger partial charge in [-0.05, 0) is 45.4 Å². The monoisotopic (exact) mass is 399 g/mol. The number of hydrogen-bond donors (Lipinski definition) is 1. The number of nitrogens with zero attached hydrogens (tertiary/aromatic N) is 2. The first-order chi connectivity index (χ1) is 13.3. The summed E-state index contributed by atoms with van der Waals surface area (Å²) in [5.41, 5.74) is 1.25. The fourth-order valence-corrected chi connectivity index (χ4v) is 3.99. The Bertz CT molecular complexity index is 1130. The maximum Gasteiger partial charge on any atom is 0.340 e. The lowest BCUT2D eigenvalue weighted by Crippen LogP contribution is -2.30. The number of nitrogens with one attached hydrogen (secondary N) is 1. The number of amides is 1. The molecule has 0 aliphatic heterocycles. The van der Waals surface area contributed by atoms with Gasteiger partial charge in [-0.25, -0.2) is 9.78 Å². The number of aromatic nitrogens is 2. The van der Waals surface area contributed by atoms with Gasteiger partial charge >= 0.3 is 5.97 Å². The predicted octanol–water partition coefficient (Wildman–Crippen LogP) is 3.20. The van der Waals surface area contributed by atoms with Gasteiger partial charge in [0.05, 0.1) is 23.2 Å². The molecule has 3 aromatic rings. The minimum Gasteiger partial charge on any atom is -0.462 e. The molecule has 0 radical (unpaired) electrons. The Morgan fingerprint density at radius 2 is 1.93 bits per heavy atom. The number of carbonyl (C=O) groups is 2. The average molecular weight is 399 g/mol. The molecular weight excluding hydrogens is 378 g/mol. The van der Waals surface area contributed by atoms with E-state index in [1.807, 2.05) is 13.8 Å². The number of carbonyl (C=O) groups excluding carboxylic acids is 2. The van der Waals surface area contributed by atoms with Gasteiger partial charge in [0, 0.05) is 4.88 Å². The van der Waals surface area contributed by atoms with Crippen LogP contribution in [0.25, 0.3) is 10.2 Å². The van der Waals surface area contributed by atoms with Crippen molar-refractivity contribution in [1.82, 2.24) is 9.55 Å². The number of para-hydroxylation sites is 1. The fourth-order valence-electron chi connectivity index (χ4n) is 2.93. The molecular formula is C20H21N3O4S. The molecule has 0 fully saturated rings. The van der Waals surface area contributed by atoms with Crippen LogP contribution in [0.4, 0.5) is 5.69 Å². The van der Waals surface area contributed by atoms with E-state index in [1.54, 1.807) is 38.1 Å². The van der Waals surface area contributed by atoms with Crippen molar-refractivity contribution in [2.45, 2.75) is 34.2 Å². The van der Waals surface area contributed by atoms with Crippen LogP contribution in [0.1, 0.15) is 33.5 Å². The Balaban J connectivity index is 1.90. The van der Waals surface area contributed by atoms with E-state index in [2.05, 4.69) is 10.3 Å². The standard InChI is InChI=1S/C20H21N3O4S/c1-5-27-20(26)14-8-6-7-9-15(14)22-16(24)10-23-13(4)21-18-17(19(23)25)11(2)12(3)28-18/h6-9H,5,10H2,1-4H3,(H,22,24). The van der Waals surface area contributed by atoms with Crippen LogP contribution >= 0.6 is 11.3 Å². The number of anilines is 1. The van der Waals surface area contributed by atoms with Gasteiger partial charge in [-0.2, -0.15) is 0 Å². The largest absolute Gasteiger partial charge is 0.462 e. The maximum atomic E-state index is 12.9. The minimum atomic E-state index is -0.515. The molecule has 1 aromatic carbocycles. The van der Waals surface area contributed by atoms with Crippen molar-refractivity contribution in [3.05, 3.63) is 56.4 Å². The number of benzene rings is 1. The Kier molecular flexibility index (Phi) is 5.60. The minimum absolute atomic E-state index is 0.195. The Morgan fingerprint density at radius 1 is 1.21 bits per heavy atom. The van der Waals surface area contributed by atoms with Crippen LogP contribution in [0.3, 0.4) is 0 Å². The molecule has 0 saturated heterocycles. The smallest absolute Gasteiger partial charge is 0.340 e. The number of thiophene rings is 1. The van der Waals surface area contributed by atoms with Gasteiger partial charge in [0.1, 0.15) is 17.2 Å². The highest BCUT2D eigenvalue weighted by molar-refractivity contribution is 7.18. The summed E-state index contributed by atoms with van der Waals surface area (Å²) in [4.78, 5) is 43.8. The lowest BCUT2D eigenvalue weighted by molar-refractivity contribution is -0.116. The zero-order valence-corrected chi connectivity index (χ0v) is 17.0. The molecule has 0 bridgehead atoms. The molecule has 1 amide bonds. The van der Waals surface area contributed by atoms with Crippen molar-refractivity contribution in [3.8, 4) is 0 Å². The summed E-state index contributed by atoms with van der Waals surface area (Å²) in [5.74, 6) is -0.473. The van der Waals surface area contributed by atoms with Crippen LogP contribution in [-0.4, -0.2) is 28.0 Å². The highest BCUT2D eigenvalue weighted by atomic mass is 32.1. The summed E-state index contributed by atoms with van der Waals surface area (Å²) in [6.45, 7) is 7.28. The molecule has 2 heterocycles. The summed E-state index contributed by atoms with van der Waals surface area (Å²) in [7, 11) is 0. The first-order valence-corrected chi connectivity index (χ1v) is 9.68.